The first-order chi connectivity index (χ1) is 12.4. The molecule has 0 aliphatic rings. The van der Waals surface area contributed by atoms with Crippen molar-refractivity contribution in [3.8, 4) is 0 Å². The van der Waals surface area contributed by atoms with Crippen LogP contribution in [0.5, 0.6) is 0 Å². The number of unbranched alkanes of at least 4 members (excludes halogenated alkanes) is 18. The van der Waals surface area contributed by atoms with E-state index in [4.69, 9.17) is 4.74 Å². The first-order valence-corrected chi connectivity index (χ1v) is 12.0. The van der Waals surface area contributed by atoms with Crippen molar-refractivity contribution in [3.05, 3.63) is 0 Å². The average molecular weight is 379 g/mol. The number of ether oxygens (including phenoxy) is 1. The number of rotatable bonds is 22. The van der Waals surface area contributed by atoms with Crippen LogP contribution in [0.15, 0.2) is 0 Å². The van der Waals surface area contributed by atoms with Gasteiger partial charge in [0.25, 0.3) is 0 Å². The van der Waals surface area contributed by atoms with Gasteiger partial charge in [0.15, 0.2) is 0 Å². The van der Waals surface area contributed by atoms with Crippen LogP contribution in [0.4, 0.5) is 0 Å². The Morgan fingerprint density at radius 2 is 0.577 bits per heavy atom. The van der Waals surface area contributed by atoms with Crippen LogP contribution in [0.2, 0.25) is 0 Å². The second-order valence-corrected chi connectivity index (χ2v) is 7.98. The molecule has 0 rings (SSSR count). The molecule has 0 bridgehead atoms. The number of hydrogen-bond donors (Lipinski definition) is 0. The summed E-state index contributed by atoms with van der Waals surface area (Å²) in [5.41, 5.74) is 0. The van der Waals surface area contributed by atoms with Crippen molar-refractivity contribution >= 4 is 23.1 Å². The standard InChI is InChI=1S/C24H50O.Mg/c1-3-5-7-9-11-13-15-17-19-21-23-25-24-22-20-18-16-14-12-10-8-6-4-2;/h3-24H2,1-2H3;/q;+2. The smallest absolute Gasteiger partial charge is 0.381 e. The summed E-state index contributed by atoms with van der Waals surface area (Å²) in [5, 5.41) is 0. The van der Waals surface area contributed by atoms with E-state index in [-0.39, 0.29) is 23.1 Å². The Morgan fingerprint density at radius 1 is 0.346 bits per heavy atom. The van der Waals surface area contributed by atoms with Crippen molar-refractivity contribution in [3.63, 3.8) is 0 Å². The largest absolute Gasteiger partial charge is 2.00 e. The summed E-state index contributed by atoms with van der Waals surface area (Å²) in [7, 11) is 0. The van der Waals surface area contributed by atoms with Crippen molar-refractivity contribution in [2.75, 3.05) is 13.2 Å². The summed E-state index contributed by atoms with van der Waals surface area (Å²) >= 11 is 0. The molecule has 152 valence electrons. The Labute approximate surface area is 183 Å². The molecule has 0 aromatic rings. The predicted octanol–water partition coefficient (Wildman–Crippen LogP) is 8.46. The molecule has 0 spiro atoms. The third-order valence-corrected chi connectivity index (χ3v) is 5.28. The van der Waals surface area contributed by atoms with Gasteiger partial charge in [0.2, 0.25) is 0 Å². The van der Waals surface area contributed by atoms with E-state index >= 15 is 0 Å². The maximum atomic E-state index is 5.78. The first kappa shape index (κ1) is 28.9. The SMILES string of the molecule is CCCCCCCCCCCCOCCCCCCCCCCCC.[Mg+2]. The predicted molar refractivity (Wildman–Crippen MR) is 120 cm³/mol. The van der Waals surface area contributed by atoms with Crippen LogP contribution in [0.1, 0.15) is 142 Å². The quantitative estimate of drug-likeness (QED) is 0.135. The molecular formula is C24H50MgO+2. The fourth-order valence-electron chi connectivity index (χ4n) is 3.49. The molecule has 26 heavy (non-hydrogen) atoms. The third-order valence-electron chi connectivity index (χ3n) is 5.28. The van der Waals surface area contributed by atoms with Gasteiger partial charge in [-0.1, -0.05) is 129 Å². The molecule has 0 unspecified atom stereocenters. The van der Waals surface area contributed by atoms with E-state index in [2.05, 4.69) is 13.8 Å². The zero-order valence-electron chi connectivity index (χ0n) is 18.7. The Kier molecular flexibility index (Phi) is 31.1. The van der Waals surface area contributed by atoms with Crippen LogP contribution in [0.3, 0.4) is 0 Å². The van der Waals surface area contributed by atoms with Crippen molar-refractivity contribution in [2.45, 2.75) is 142 Å². The van der Waals surface area contributed by atoms with Crippen LogP contribution < -0.4 is 0 Å². The van der Waals surface area contributed by atoms with Crippen molar-refractivity contribution in [2.24, 2.45) is 0 Å². The van der Waals surface area contributed by atoms with Gasteiger partial charge in [0.05, 0.1) is 0 Å². The van der Waals surface area contributed by atoms with Gasteiger partial charge in [-0.15, -0.1) is 0 Å². The average Bonchev–Trinajstić information content (AvgIpc) is 2.63. The molecule has 0 heterocycles. The molecule has 0 aromatic heterocycles. The van der Waals surface area contributed by atoms with Crippen LogP contribution in [-0.4, -0.2) is 36.3 Å². The summed E-state index contributed by atoms with van der Waals surface area (Å²) in [6, 6.07) is 0. The Morgan fingerprint density at radius 3 is 0.846 bits per heavy atom. The maximum Gasteiger partial charge on any atom is 2.00 e. The van der Waals surface area contributed by atoms with Crippen molar-refractivity contribution in [1.82, 2.24) is 0 Å². The van der Waals surface area contributed by atoms with Gasteiger partial charge in [-0.3, -0.25) is 0 Å². The molecule has 0 aliphatic heterocycles. The molecule has 0 saturated heterocycles. The first-order valence-electron chi connectivity index (χ1n) is 12.0. The minimum absolute atomic E-state index is 0. The minimum atomic E-state index is 0. The Hall–Kier alpha value is 0.726. The van der Waals surface area contributed by atoms with Crippen molar-refractivity contribution in [1.29, 1.82) is 0 Å². The summed E-state index contributed by atoms with van der Waals surface area (Å²) in [6.45, 7) is 6.57. The summed E-state index contributed by atoms with van der Waals surface area (Å²) in [6.07, 6.45) is 28.2. The molecule has 0 aromatic carbocycles. The molecule has 0 fully saturated rings. The molecule has 0 saturated carbocycles. The topological polar surface area (TPSA) is 9.23 Å². The van der Waals surface area contributed by atoms with E-state index in [0.29, 0.717) is 0 Å². The monoisotopic (exact) mass is 378 g/mol. The van der Waals surface area contributed by atoms with Crippen LogP contribution in [0, 0.1) is 0 Å². The zero-order valence-corrected chi connectivity index (χ0v) is 20.1. The Balaban J connectivity index is 0. The van der Waals surface area contributed by atoms with Gasteiger partial charge in [-0.25, -0.2) is 0 Å². The van der Waals surface area contributed by atoms with Crippen LogP contribution in [0.25, 0.3) is 0 Å². The van der Waals surface area contributed by atoms with E-state index in [0.717, 1.165) is 13.2 Å². The molecule has 1 nitrogen and oxygen atoms in total. The third kappa shape index (κ3) is 27.0. The van der Waals surface area contributed by atoms with Crippen LogP contribution >= 0.6 is 0 Å². The molecule has 0 radical (unpaired) electrons. The second-order valence-electron chi connectivity index (χ2n) is 7.98. The fourth-order valence-corrected chi connectivity index (χ4v) is 3.49. The second kappa shape index (κ2) is 27.9. The fraction of sp³-hybridized carbons (Fsp3) is 1.00. The summed E-state index contributed by atoms with van der Waals surface area (Å²) < 4.78 is 5.78. The van der Waals surface area contributed by atoms with Gasteiger partial charge >= 0.3 is 23.1 Å². The van der Waals surface area contributed by atoms with E-state index in [9.17, 15) is 0 Å². The van der Waals surface area contributed by atoms with E-state index < -0.39 is 0 Å². The Bertz CT molecular complexity index is 198. The summed E-state index contributed by atoms with van der Waals surface area (Å²) in [5.74, 6) is 0. The summed E-state index contributed by atoms with van der Waals surface area (Å²) in [4.78, 5) is 0. The van der Waals surface area contributed by atoms with Gasteiger partial charge in [0, 0.05) is 13.2 Å². The van der Waals surface area contributed by atoms with Gasteiger partial charge in [0.1, 0.15) is 0 Å². The molecule has 0 aliphatic carbocycles. The molecule has 0 atom stereocenters. The van der Waals surface area contributed by atoms with Gasteiger partial charge < -0.3 is 4.74 Å². The molecular weight excluding hydrogens is 329 g/mol. The molecule has 2 heteroatoms. The zero-order chi connectivity index (χ0) is 18.3. The number of hydrogen-bond acceptors (Lipinski definition) is 1. The van der Waals surface area contributed by atoms with Crippen LogP contribution in [-0.2, 0) is 4.74 Å². The van der Waals surface area contributed by atoms with E-state index in [1.807, 2.05) is 0 Å². The van der Waals surface area contributed by atoms with E-state index in [1.54, 1.807) is 0 Å². The maximum absolute atomic E-state index is 5.78. The molecule has 0 N–H and O–H groups in total. The van der Waals surface area contributed by atoms with Gasteiger partial charge in [-0.05, 0) is 12.8 Å². The normalized spacial score (nSPS) is 10.8. The van der Waals surface area contributed by atoms with E-state index in [1.165, 1.54) is 128 Å². The minimum Gasteiger partial charge on any atom is -0.381 e. The van der Waals surface area contributed by atoms with Crippen molar-refractivity contribution < 1.29 is 4.74 Å². The molecule has 0 amide bonds. The van der Waals surface area contributed by atoms with Gasteiger partial charge in [-0.2, -0.15) is 0 Å².